The summed E-state index contributed by atoms with van der Waals surface area (Å²) < 4.78 is 0. The van der Waals surface area contributed by atoms with Gasteiger partial charge in [0.15, 0.2) is 0 Å². The van der Waals surface area contributed by atoms with E-state index in [-0.39, 0.29) is 18.4 Å². The summed E-state index contributed by atoms with van der Waals surface area (Å²) >= 11 is 0. The second-order valence-electron chi connectivity index (χ2n) is 7.26. The molecule has 4 rings (SSSR count). The highest BCUT2D eigenvalue weighted by Crippen LogP contribution is 2.34. The predicted molar refractivity (Wildman–Crippen MR) is 102 cm³/mol. The number of hydrogen-bond acceptors (Lipinski definition) is 4. The van der Waals surface area contributed by atoms with Gasteiger partial charge in [0.2, 0.25) is 0 Å². The molecule has 3 heterocycles. The lowest BCUT2D eigenvalue weighted by atomic mass is 9.90. The molecule has 6 heteroatoms. The summed E-state index contributed by atoms with van der Waals surface area (Å²) in [5, 5.41) is 9.68. The number of anilines is 1. The van der Waals surface area contributed by atoms with Gasteiger partial charge in [0.25, 0.3) is 5.91 Å². The molecule has 0 aliphatic carbocycles. The molecule has 6 nitrogen and oxygen atoms in total. The third kappa shape index (κ3) is 3.39. The standard InChI is InChI=1S/C21H23N3O3/c25-20(16-7-1-2-8-19(16)23-10-3-4-11-23)24-13-17(18(14-24)21(26)27)15-6-5-9-22-12-15/h1-2,5-9,12,17-18H,3-4,10-11,13-14H2,(H,26,27)/t17-,18+/m0/s1. The molecule has 0 saturated carbocycles. The Morgan fingerprint density at radius 2 is 1.81 bits per heavy atom. The number of carboxylic acid groups (broad SMARTS) is 1. The molecule has 2 aromatic rings. The van der Waals surface area contributed by atoms with Crippen LogP contribution in [0.5, 0.6) is 0 Å². The second-order valence-corrected chi connectivity index (χ2v) is 7.26. The Kier molecular flexibility index (Phi) is 4.79. The summed E-state index contributed by atoms with van der Waals surface area (Å²) in [5.74, 6) is -1.81. The van der Waals surface area contributed by atoms with Gasteiger partial charge in [-0.3, -0.25) is 14.6 Å². The number of aromatic nitrogens is 1. The van der Waals surface area contributed by atoms with E-state index in [1.165, 1.54) is 0 Å². The molecule has 0 unspecified atom stereocenters. The topological polar surface area (TPSA) is 73.7 Å². The van der Waals surface area contributed by atoms with Crippen LogP contribution in [0, 0.1) is 5.92 Å². The SMILES string of the molecule is O=C(O)[C@@H]1CN(C(=O)c2ccccc2N2CCCC2)C[C@H]1c1cccnc1. The fourth-order valence-electron chi connectivity index (χ4n) is 4.21. The molecule has 2 saturated heterocycles. The van der Waals surface area contributed by atoms with Crippen molar-refractivity contribution >= 4 is 17.6 Å². The molecule has 0 spiro atoms. The lowest BCUT2D eigenvalue weighted by molar-refractivity contribution is -0.141. The quantitative estimate of drug-likeness (QED) is 0.902. The first-order chi connectivity index (χ1) is 13.1. The molecule has 0 bridgehead atoms. The summed E-state index contributed by atoms with van der Waals surface area (Å²) in [5.41, 5.74) is 2.49. The van der Waals surface area contributed by atoms with Crippen molar-refractivity contribution < 1.29 is 14.7 Å². The van der Waals surface area contributed by atoms with Crippen LogP contribution in [0.4, 0.5) is 5.69 Å². The fraction of sp³-hybridized carbons (Fsp3) is 0.381. The van der Waals surface area contributed by atoms with E-state index < -0.39 is 11.9 Å². The van der Waals surface area contributed by atoms with Crippen molar-refractivity contribution in [3.63, 3.8) is 0 Å². The maximum absolute atomic E-state index is 13.3. The zero-order valence-electron chi connectivity index (χ0n) is 15.1. The molecule has 1 amide bonds. The smallest absolute Gasteiger partial charge is 0.308 e. The first-order valence-electron chi connectivity index (χ1n) is 9.41. The zero-order chi connectivity index (χ0) is 18.8. The Labute approximate surface area is 158 Å². The third-order valence-corrected chi connectivity index (χ3v) is 5.62. The van der Waals surface area contributed by atoms with Gasteiger partial charge in [-0.2, -0.15) is 0 Å². The number of carbonyl (C=O) groups is 2. The molecule has 2 aliphatic rings. The van der Waals surface area contributed by atoms with Crippen LogP contribution in [0.15, 0.2) is 48.8 Å². The largest absolute Gasteiger partial charge is 0.481 e. The van der Waals surface area contributed by atoms with Gasteiger partial charge >= 0.3 is 5.97 Å². The number of likely N-dealkylation sites (tertiary alicyclic amines) is 1. The number of nitrogens with zero attached hydrogens (tertiary/aromatic N) is 3. The molecule has 1 N–H and O–H groups in total. The Balaban J connectivity index is 1.61. The summed E-state index contributed by atoms with van der Waals surface area (Å²) in [6.07, 6.45) is 5.64. The van der Waals surface area contributed by atoms with Crippen LogP contribution in [0.2, 0.25) is 0 Å². The number of aliphatic carboxylic acids is 1. The minimum atomic E-state index is -0.869. The van der Waals surface area contributed by atoms with Crippen LogP contribution in [-0.4, -0.2) is 53.0 Å². The molecule has 2 aliphatic heterocycles. The van der Waals surface area contributed by atoms with Crippen molar-refractivity contribution in [3.05, 3.63) is 59.9 Å². The Morgan fingerprint density at radius 3 is 2.52 bits per heavy atom. The van der Waals surface area contributed by atoms with Crippen LogP contribution in [0.1, 0.15) is 34.7 Å². The lowest BCUT2D eigenvalue weighted by Gasteiger charge is -2.24. The Hall–Kier alpha value is -2.89. The van der Waals surface area contributed by atoms with Crippen molar-refractivity contribution in [2.45, 2.75) is 18.8 Å². The summed E-state index contributed by atoms with van der Waals surface area (Å²) in [4.78, 5) is 33.1. The molecule has 1 aromatic heterocycles. The maximum Gasteiger partial charge on any atom is 0.308 e. The third-order valence-electron chi connectivity index (χ3n) is 5.62. The highest BCUT2D eigenvalue weighted by molar-refractivity contribution is 6.00. The van der Waals surface area contributed by atoms with Gasteiger partial charge in [-0.25, -0.2) is 0 Å². The summed E-state index contributed by atoms with van der Waals surface area (Å²) in [6.45, 7) is 2.54. The fourth-order valence-corrected chi connectivity index (χ4v) is 4.21. The van der Waals surface area contributed by atoms with Gasteiger partial charge in [-0.05, 0) is 36.6 Å². The van der Waals surface area contributed by atoms with E-state index in [0.29, 0.717) is 12.1 Å². The molecule has 27 heavy (non-hydrogen) atoms. The summed E-state index contributed by atoms with van der Waals surface area (Å²) in [7, 11) is 0. The number of benzene rings is 1. The second kappa shape index (κ2) is 7.39. The van der Waals surface area contributed by atoms with Crippen LogP contribution in [-0.2, 0) is 4.79 Å². The lowest BCUT2D eigenvalue weighted by Crippen LogP contribution is -2.31. The van der Waals surface area contributed by atoms with Gasteiger partial charge in [0, 0.05) is 50.2 Å². The molecular formula is C21H23N3O3. The van der Waals surface area contributed by atoms with Crippen LogP contribution >= 0.6 is 0 Å². The highest BCUT2D eigenvalue weighted by Gasteiger charge is 2.41. The predicted octanol–water partition coefficient (Wildman–Crippen LogP) is 2.62. The molecular weight excluding hydrogens is 342 g/mol. The van der Waals surface area contributed by atoms with E-state index in [2.05, 4.69) is 9.88 Å². The first-order valence-corrected chi connectivity index (χ1v) is 9.41. The van der Waals surface area contributed by atoms with E-state index in [4.69, 9.17) is 0 Å². The monoisotopic (exact) mass is 365 g/mol. The normalized spacial score (nSPS) is 22.2. The van der Waals surface area contributed by atoms with E-state index in [1.807, 2.05) is 30.3 Å². The van der Waals surface area contributed by atoms with Gasteiger partial charge in [0.1, 0.15) is 0 Å². The number of carbonyl (C=O) groups excluding carboxylic acids is 1. The molecule has 1 aromatic carbocycles. The van der Waals surface area contributed by atoms with Crippen molar-refractivity contribution in [1.29, 1.82) is 0 Å². The number of hydrogen-bond donors (Lipinski definition) is 1. The van der Waals surface area contributed by atoms with Crippen molar-refractivity contribution in [2.75, 3.05) is 31.1 Å². The van der Waals surface area contributed by atoms with Crippen molar-refractivity contribution in [3.8, 4) is 0 Å². The molecule has 140 valence electrons. The van der Waals surface area contributed by atoms with Crippen molar-refractivity contribution in [1.82, 2.24) is 9.88 Å². The van der Waals surface area contributed by atoms with Gasteiger partial charge < -0.3 is 14.9 Å². The summed E-state index contributed by atoms with van der Waals surface area (Å²) in [6, 6.07) is 11.4. The van der Waals surface area contributed by atoms with E-state index in [9.17, 15) is 14.7 Å². The van der Waals surface area contributed by atoms with Gasteiger partial charge in [0.05, 0.1) is 11.5 Å². The highest BCUT2D eigenvalue weighted by atomic mass is 16.4. The van der Waals surface area contributed by atoms with Crippen LogP contribution < -0.4 is 4.90 Å². The minimum absolute atomic E-state index is 0.0878. The molecule has 2 fully saturated rings. The Bertz CT molecular complexity index is 834. The van der Waals surface area contributed by atoms with Crippen LogP contribution in [0.25, 0.3) is 0 Å². The number of para-hydroxylation sites is 1. The minimum Gasteiger partial charge on any atom is -0.481 e. The number of carboxylic acids is 1. The molecule has 0 radical (unpaired) electrons. The van der Waals surface area contributed by atoms with Crippen molar-refractivity contribution in [2.24, 2.45) is 5.92 Å². The number of pyridine rings is 1. The van der Waals surface area contributed by atoms with E-state index in [0.717, 1.165) is 37.2 Å². The maximum atomic E-state index is 13.3. The average Bonchev–Trinajstić information content (AvgIpc) is 3.38. The Morgan fingerprint density at radius 1 is 1.04 bits per heavy atom. The van der Waals surface area contributed by atoms with Gasteiger partial charge in [-0.1, -0.05) is 18.2 Å². The number of rotatable bonds is 4. The van der Waals surface area contributed by atoms with E-state index in [1.54, 1.807) is 23.4 Å². The average molecular weight is 365 g/mol. The van der Waals surface area contributed by atoms with E-state index >= 15 is 0 Å². The zero-order valence-corrected chi connectivity index (χ0v) is 15.1. The van der Waals surface area contributed by atoms with Gasteiger partial charge in [-0.15, -0.1) is 0 Å². The first kappa shape index (κ1) is 17.5. The molecule has 2 atom stereocenters. The van der Waals surface area contributed by atoms with Crippen LogP contribution in [0.3, 0.4) is 0 Å². The number of amides is 1.